The molecule has 1 aromatic carbocycles. The number of aliphatic hydroxyl groups is 1. The highest BCUT2D eigenvalue weighted by Gasteiger charge is 2.60. The summed E-state index contributed by atoms with van der Waals surface area (Å²) >= 11 is 1.37. The van der Waals surface area contributed by atoms with Crippen molar-refractivity contribution >= 4 is 40.0 Å². The first kappa shape index (κ1) is 31.7. The highest BCUT2D eigenvalue weighted by molar-refractivity contribution is 7.13. The van der Waals surface area contributed by atoms with Crippen LogP contribution in [0.25, 0.3) is 21.6 Å². The van der Waals surface area contributed by atoms with Crippen LogP contribution in [0.15, 0.2) is 35.7 Å². The Kier molecular flexibility index (Phi) is 8.86. The number of hydrogen-bond donors (Lipinski definition) is 2. The Bertz CT molecular complexity index is 1760. The van der Waals surface area contributed by atoms with Crippen molar-refractivity contribution in [2.45, 2.75) is 70.6 Å². The van der Waals surface area contributed by atoms with Crippen LogP contribution in [0.3, 0.4) is 0 Å². The Morgan fingerprint density at radius 3 is 2.80 bits per heavy atom. The second-order valence-corrected chi connectivity index (χ2v) is 13.5. The molecule has 46 heavy (non-hydrogen) atoms. The molecule has 0 radical (unpaired) electrons. The molecule has 2 N–H and O–H groups in total. The summed E-state index contributed by atoms with van der Waals surface area (Å²) in [5, 5.41) is 23.2. The summed E-state index contributed by atoms with van der Waals surface area (Å²) in [4.78, 5) is 52.7. The van der Waals surface area contributed by atoms with Crippen molar-refractivity contribution < 1.29 is 29.3 Å². The van der Waals surface area contributed by atoms with Crippen LogP contribution in [-0.4, -0.2) is 80.0 Å². The molecule has 1 saturated heterocycles. The molecule has 6 rings (SSSR count). The van der Waals surface area contributed by atoms with Gasteiger partial charge in [0.2, 0.25) is 0 Å². The number of carbonyl (C=O) groups is 3. The van der Waals surface area contributed by atoms with E-state index in [1.165, 1.54) is 11.3 Å². The Hall–Kier alpha value is -4.27. The van der Waals surface area contributed by atoms with E-state index >= 15 is 0 Å². The number of aryl methyl sites for hydroxylation is 1. The number of pyridine rings is 1. The summed E-state index contributed by atoms with van der Waals surface area (Å²) in [5.74, 6) is 1.69. The number of thiazole rings is 1. The molecule has 4 heterocycles. The molecule has 4 atom stereocenters. The number of hydrogen-bond acceptors (Lipinski definition) is 8. The number of rotatable bonds is 5. The molecule has 2 aromatic heterocycles. The minimum Gasteiger partial charge on any atom is -0.489 e. The van der Waals surface area contributed by atoms with Gasteiger partial charge < -0.3 is 24.7 Å². The van der Waals surface area contributed by atoms with E-state index in [0.717, 1.165) is 35.8 Å². The third-order valence-corrected chi connectivity index (χ3v) is 10.5. The third kappa shape index (κ3) is 5.99. The van der Waals surface area contributed by atoms with Crippen molar-refractivity contribution in [2.24, 2.45) is 11.3 Å². The molecular formula is C35H38N4O6S. The van der Waals surface area contributed by atoms with E-state index in [-0.39, 0.29) is 37.2 Å². The van der Waals surface area contributed by atoms with Gasteiger partial charge >= 0.3 is 12.0 Å². The van der Waals surface area contributed by atoms with Gasteiger partial charge in [-0.1, -0.05) is 18.2 Å². The first-order chi connectivity index (χ1) is 22.1. The fourth-order valence-electron chi connectivity index (χ4n) is 6.76. The smallest absolute Gasteiger partial charge is 0.320 e. The molecule has 240 valence electrons. The van der Waals surface area contributed by atoms with Crippen LogP contribution in [0.2, 0.25) is 0 Å². The molecule has 1 aliphatic carbocycles. The maximum atomic E-state index is 14.0. The molecule has 11 heteroatoms. The fourth-order valence-corrected chi connectivity index (χ4v) is 7.48. The van der Waals surface area contributed by atoms with Crippen molar-refractivity contribution in [3.05, 3.63) is 52.6 Å². The minimum absolute atomic E-state index is 0.130. The Labute approximate surface area is 272 Å². The Morgan fingerprint density at radius 1 is 1.24 bits per heavy atom. The van der Waals surface area contributed by atoms with Gasteiger partial charge in [-0.2, -0.15) is 0 Å². The maximum Gasteiger partial charge on any atom is 0.320 e. The summed E-state index contributed by atoms with van der Waals surface area (Å²) in [6.07, 6.45) is 12.7. The van der Waals surface area contributed by atoms with E-state index < -0.39 is 23.5 Å². The zero-order valence-corrected chi connectivity index (χ0v) is 26.9. The lowest BCUT2D eigenvalue weighted by molar-refractivity contribution is -0.146. The van der Waals surface area contributed by atoms with Gasteiger partial charge in [0.25, 0.3) is 0 Å². The SMILES string of the molecule is C#Cc1csc(-c2cc(O[C@H]3CCN4C(=O)N(C)CCCC/C=C\[C@H]5C[C@@]5(C(=O)O)CC(=O)[C@@H]4C3)c3ccc(CO)c(C)c3n2)n1. The number of Topliss-reactive ketones (excluding diaryl/α,β-unsaturated/α-hetero) is 1. The van der Waals surface area contributed by atoms with Crippen molar-refractivity contribution in [1.29, 1.82) is 0 Å². The predicted octanol–water partition coefficient (Wildman–Crippen LogP) is 5.19. The second-order valence-electron chi connectivity index (χ2n) is 12.6. The standard InChI is InChI=1S/C35H38N4O6S/c1-4-24-20-46-32(36-24)27-16-30(26-11-10-22(19-40)21(2)31(26)37-27)45-25-12-14-39-28(15-25)29(41)18-35(33(42)43)17-23(35)9-7-5-6-8-13-38(3)34(39)44/h1,7,9-11,16,20,23,25,28,40H,5-6,8,12-15,17-19H2,2-3H3,(H,42,43)/b9-7-/t23-,25-,28-,35+/m0/s1. The molecule has 2 amide bonds. The van der Waals surface area contributed by atoms with Crippen LogP contribution in [0.5, 0.6) is 5.75 Å². The molecule has 10 nitrogen and oxygen atoms in total. The number of amides is 2. The lowest BCUT2D eigenvalue weighted by Gasteiger charge is -2.40. The Morgan fingerprint density at radius 2 is 2.07 bits per heavy atom. The number of ether oxygens (including phenoxy) is 1. The molecule has 0 spiro atoms. The van der Waals surface area contributed by atoms with Crippen LogP contribution in [0, 0.1) is 30.6 Å². The normalized spacial score (nSPS) is 26.1. The van der Waals surface area contributed by atoms with E-state index in [9.17, 15) is 24.6 Å². The van der Waals surface area contributed by atoms with Gasteiger partial charge in [0, 0.05) is 56.2 Å². The number of carboxylic acids is 1. The molecule has 0 unspecified atom stereocenters. The molecule has 2 fully saturated rings. The number of terminal acetylenes is 1. The van der Waals surface area contributed by atoms with Crippen molar-refractivity contribution in [1.82, 2.24) is 19.8 Å². The molecule has 3 aliphatic rings. The van der Waals surface area contributed by atoms with Crippen molar-refractivity contribution in [3.8, 4) is 28.8 Å². The molecule has 3 aromatic rings. The first-order valence-electron chi connectivity index (χ1n) is 15.7. The van der Waals surface area contributed by atoms with E-state index in [4.69, 9.17) is 16.1 Å². The van der Waals surface area contributed by atoms with Crippen LogP contribution in [0.1, 0.15) is 61.8 Å². The van der Waals surface area contributed by atoms with Crippen LogP contribution in [-0.2, 0) is 16.2 Å². The number of carbonyl (C=O) groups excluding carboxylic acids is 2. The summed E-state index contributed by atoms with van der Waals surface area (Å²) in [7, 11) is 1.75. The predicted molar refractivity (Wildman–Crippen MR) is 174 cm³/mol. The summed E-state index contributed by atoms with van der Waals surface area (Å²) < 4.78 is 6.67. The van der Waals surface area contributed by atoms with Gasteiger partial charge in [0.1, 0.15) is 28.2 Å². The lowest BCUT2D eigenvalue weighted by atomic mass is 9.88. The quantitative estimate of drug-likeness (QED) is 0.287. The average molecular weight is 643 g/mol. The lowest BCUT2D eigenvalue weighted by Crippen LogP contribution is -2.56. The summed E-state index contributed by atoms with van der Waals surface area (Å²) in [5.41, 5.74) is 2.18. The van der Waals surface area contributed by atoms with Gasteiger partial charge in [0.15, 0.2) is 5.78 Å². The third-order valence-electron chi connectivity index (χ3n) is 9.67. The van der Waals surface area contributed by atoms with E-state index in [1.54, 1.807) is 22.2 Å². The minimum atomic E-state index is -1.13. The number of urea groups is 1. The first-order valence-corrected chi connectivity index (χ1v) is 16.6. The maximum absolute atomic E-state index is 14.0. The molecule has 2 aliphatic heterocycles. The molecular weight excluding hydrogens is 604 g/mol. The second kappa shape index (κ2) is 12.9. The van der Waals surface area contributed by atoms with E-state index in [0.29, 0.717) is 53.6 Å². The zero-order valence-electron chi connectivity index (χ0n) is 26.1. The summed E-state index contributed by atoms with van der Waals surface area (Å²) in [6, 6.07) is 4.49. The number of ketones is 1. The number of aromatic nitrogens is 2. The number of aliphatic hydroxyl groups excluding tert-OH is 1. The van der Waals surface area contributed by atoms with Crippen LogP contribution < -0.4 is 4.74 Å². The van der Waals surface area contributed by atoms with Crippen LogP contribution >= 0.6 is 11.3 Å². The topological polar surface area (TPSA) is 133 Å². The molecule has 0 bridgehead atoms. The van der Waals surface area contributed by atoms with Gasteiger partial charge in [-0.3, -0.25) is 9.59 Å². The molecule has 1 saturated carbocycles. The van der Waals surface area contributed by atoms with Gasteiger partial charge in [0.05, 0.1) is 23.6 Å². The van der Waals surface area contributed by atoms with E-state index in [1.807, 2.05) is 37.3 Å². The van der Waals surface area contributed by atoms with Crippen LogP contribution in [0.4, 0.5) is 4.79 Å². The summed E-state index contributed by atoms with van der Waals surface area (Å²) in [6.45, 7) is 2.64. The van der Waals surface area contributed by atoms with Crippen molar-refractivity contribution in [2.75, 3.05) is 20.1 Å². The Balaban J connectivity index is 1.34. The largest absolute Gasteiger partial charge is 0.489 e. The van der Waals surface area contributed by atoms with Crippen molar-refractivity contribution in [3.63, 3.8) is 0 Å². The number of allylic oxidation sites excluding steroid dienone is 2. The van der Waals surface area contributed by atoms with Gasteiger partial charge in [-0.25, -0.2) is 14.8 Å². The zero-order chi connectivity index (χ0) is 32.6. The number of carboxylic acid groups (broad SMARTS) is 1. The number of aliphatic carboxylic acids is 1. The number of fused-ring (bicyclic) bond motifs is 3. The van der Waals surface area contributed by atoms with E-state index in [2.05, 4.69) is 10.9 Å². The monoisotopic (exact) mass is 642 g/mol. The van der Waals surface area contributed by atoms with Gasteiger partial charge in [-0.15, -0.1) is 17.8 Å². The average Bonchev–Trinajstić information content (AvgIpc) is 3.53. The van der Waals surface area contributed by atoms with Gasteiger partial charge in [-0.05, 0) is 61.6 Å². The number of piperidine rings is 1. The fraction of sp³-hybridized carbons (Fsp3) is 0.457. The number of benzene rings is 1. The highest BCUT2D eigenvalue weighted by atomic mass is 32.1. The highest BCUT2D eigenvalue weighted by Crippen LogP contribution is 2.57. The number of nitrogens with zero attached hydrogens (tertiary/aromatic N) is 4.